The molecule has 5 N–H and O–H groups in total. The number of hydrogen-bond donors (Lipinski definition) is 4. The fraction of sp³-hybridized carbons (Fsp3) is 0.231. The van der Waals surface area contributed by atoms with Crippen LogP contribution in [0.2, 0.25) is 0 Å². The fourth-order valence-corrected chi connectivity index (χ4v) is 4.11. The van der Waals surface area contributed by atoms with Crippen molar-refractivity contribution in [1.29, 1.82) is 5.41 Å². The van der Waals surface area contributed by atoms with Gasteiger partial charge in [-0.1, -0.05) is 30.3 Å². The minimum Gasteiger partial charge on any atom is -0.493 e. The number of methoxy groups -OCH3 is 1. The second-order valence-corrected chi connectivity index (χ2v) is 8.47. The molecule has 1 atom stereocenters. The van der Waals surface area contributed by atoms with Gasteiger partial charge in [-0.15, -0.1) is 9.78 Å². The van der Waals surface area contributed by atoms with E-state index in [1.807, 2.05) is 30.3 Å². The third-order valence-corrected chi connectivity index (χ3v) is 5.81. The number of carboxylic acid groups (broad SMARTS) is 1. The van der Waals surface area contributed by atoms with Crippen molar-refractivity contribution < 1.29 is 19.4 Å². The molecule has 0 amide bonds. The molecule has 0 saturated carbocycles. The zero-order chi connectivity index (χ0) is 27.2. The van der Waals surface area contributed by atoms with E-state index in [0.29, 0.717) is 30.2 Å². The van der Waals surface area contributed by atoms with Crippen LogP contribution in [0.25, 0.3) is 5.95 Å². The third-order valence-electron chi connectivity index (χ3n) is 5.81. The summed E-state index contributed by atoms with van der Waals surface area (Å²) in [6, 6.07) is 13.1. The zero-order valence-corrected chi connectivity index (χ0v) is 20.8. The van der Waals surface area contributed by atoms with E-state index >= 15 is 0 Å². The van der Waals surface area contributed by atoms with Crippen LogP contribution in [0.3, 0.4) is 0 Å². The van der Waals surface area contributed by atoms with Crippen LogP contribution >= 0.6 is 0 Å². The molecule has 1 aliphatic rings. The van der Waals surface area contributed by atoms with E-state index in [4.69, 9.17) is 30.5 Å². The van der Waals surface area contributed by atoms with Crippen molar-refractivity contribution in [3.63, 3.8) is 0 Å². The predicted molar refractivity (Wildman–Crippen MR) is 138 cm³/mol. The van der Waals surface area contributed by atoms with Crippen LogP contribution < -0.4 is 20.9 Å². The lowest BCUT2D eigenvalue weighted by Crippen LogP contribution is -2.18. The molecular formula is C26H27N7O5. The Morgan fingerprint density at radius 3 is 2.58 bits per heavy atom. The van der Waals surface area contributed by atoms with E-state index in [9.17, 15) is 4.79 Å². The highest BCUT2D eigenvalue weighted by molar-refractivity contribution is 5.94. The van der Waals surface area contributed by atoms with Crippen LogP contribution in [0.4, 0.5) is 0 Å². The lowest BCUT2D eigenvalue weighted by Gasteiger charge is -2.18. The van der Waals surface area contributed by atoms with Gasteiger partial charge in [0.1, 0.15) is 11.7 Å². The van der Waals surface area contributed by atoms with Gasteiger partial charge in [-0.2, -0.15) is 0 Å². The van der Waals surface area contributed by atoms with Crippen molar-refractivity contribution in [2.24, 2.45) is 5.73 Å². The number of aromatic nitrogens is 5. The van der Waals surface area contributed by atoms with E-state index in [-0.39, 0.29) is 17.7 Å². The third kappa shape index (κ3) is 5.86. The van der Waals surface area contributed by atoms with Gasteiger partial charge in [-0.05, 0) is 29.7 Å². The lowest BCUT2D eigenvalue weighted by molar-refractivity contribution is -0.134. The highest BCUT2D eigenvalue weighted by Crippen LogP contribution is 2.40. The molecule has 3 heterocycles. The maximum Gasteiger partial charge on any atom is 0.350 e. The molecule has 4 aromatic rings. The molecule has 0 spiro atoms. The maximum atomic E-state index is 12.7. The number of benzene rings is 2. The molecule has 12 nitrogen and oxygen atoms in total. The molecule has 1 aliphatic heterocycles. The SMILES string of the molecule is CC(=O)O.COc1cc(C(Cc2ccc(C(=N)N)cc2)c2nn(-c3ncccn3)c(=O)[nH]2)cc2c1OCC2. The summed E-state index contributed by atoms with van der Waals surface area (Å²) in [6.45, 7) is 1.68. The van der Waals surface area contributed by atoms with E-state index < -0.39 is 11.7 Å². The second kappa shape index (κ2) is 11.4. The number of nitrogens with zero attached hydrogens (tertiary/aromatic N) is 4. The fourth-order valence-electron chi connectivity index (χ4n) is 4.11. The Morgan fingerprint density at radius 1 is 1.26 bits per heavy atom. The van der Waals surface area contributed by atoms with E-state index in [1.165, 1.54) is 0 Å². The van der Waals surface area contributed by atoms with Crippen LogP contribution in [-0.2, 0) is 17.6 Å². The van der Waals surface area contributed by atoms with Gasteiger partial charge in [-0.3, -0.25) is 15.2 Å². The lowest BCUT2D eigenvalue weighted by atomic mass is 9.89. The first kappa shape index (κ1) is 26.1. The van der Waals surface area contributed by atoms with Gasteiger partial charge < -0.3 is 20.3 Å². The average molecular weight is 518 g/mol. The zero-order valence-electron chi connectivity index (χ0n) is 20.8. The summed E-state index contributed by atoms with van der Waals surface area (Å²) in [5.74, 6) is 0.967. The number of ether oxygens (including phenoxy) is 2. The van der Waals surface area contributed by atoms with Crippen molar-refractivity contribution in [1.82, 2.24) is 24.7 Å². The molecule has 0 fully saturated rings. The Morgan fingerprint density at radius 2 is 1.95 bits per heavy atom. The first-order valence-corrected chi connectivity index (χ1v) is 11.7. The highest BCUT2D eigenvalue weighted by Gasteiger charge is 2.26. The number of aromatic amines is 1. The quantitative estimate of drug-likeness (QED) is 0.210. The number of carbonyl (C=O) groups is 1. The molecular weight excluding hydrogens is 490 g/mol. The van der Waals surface area contributed by atoms with Gasteiger partial charge in [0.2, 0.25) is 0 Å². The molecule has 38 heavy (non-hydrogen) atoms. The Kier molecular flexibility index (Phi) is 7.80. The minimum absolute atomic E-state index is 0.0115. The number of aliphatic carboxylic acids is 1. The molecule has 1 unspecified atom stereocenters. The summed E-state index contributed by atoms with van der Waals surface area (Å²) >= 11 is 0. The van der Waals surface area contributed by atoms with Gasteiger partial charge in [0.25, 0.3) is 11.9 Å². The van der Waals surface area contributed by atoms with Gasteiger partial charge in [0.15, 0.2) is 11.5 Å². The number of hydrogen-bond acceptors (Lipinski definition) is 8. The molecule has 0 bridgehead atoms. The molecule has 0 saturated heterocycles. The number of fused-ring (bicyclic) bond motifs is 1. The normalized spacial score (nSPS) is 12.5. The molecule has 5 rings (SSSR count). The first-order valence-electron chi connectivity index (χ1n) is 11.7. The van der Waals surface area contributed by atoms with Crippen LogP contribution in [0.5, 0.6) is 11.5 Å². The Balaban J connectivity index is 0.000000786. The van der Waals surface area contributed by atoms with Crippen LogP contribution in [0, 0.1) is 5.41 Å². The molecule has 0 aliphatic carbocycles. The molecule has 2 aromatic carbocycles. The summed E-state index contributed by atoms with van der Waals surface area (Å²) in [6.07, 6.45) is 4.44. The summed E-state index contributed by atoms with van der Waals surface area (Å²) < 4.78 is 12.5. The molecule has 0 radical (unpaired) electrons. The topological polar surface area (TPSA) is 182 Å². The first-order chi connectivity index (χ1) is 18.3. The molecule has 12 heteroatoms. The second-order valence-electron chi connectivity index (χ2n) is 8.47. The van der Waals surface area contributed by atoms with Gasteiger partial charge in [0.05, 0.1) is 13.7 Å². The van der Waals surface area contributed by atoms with Crippen LogP contribution in [0.15, 0.2) is 59.7 Å². The number of amidine groups is 1. The predicted octanol–water partition coefficient (Wildman–Crippen LogP) is 2.04. The number of rotatable bonds is 7. The Hall–Kier alpha value is -5.00. The van der Waals surface area contributed by atoms with Crippen molar-refractivity contribution in [2.45, 2.75) is 25.7 Å². The van der Waals surface area contributed by atoms with E-state index in [2.05, 4.69) is 26.1 Å². The van der Waals surface area contributed by atoms with Gasteiger partial charge in [-0.25, -0.2) is 14.8 Å². The highest BCUT2D eigenvalue weighted by atomic mass is 16.5. The summed E-state index contributed by atoms with van der Waals surface area (Å²) in [5.41, 5.74) is 8.82. The van der Waals surface area contributed by atoms with Crippen molar-refractivity contribution in [2.75, 3.05) is 13.7 Å². The largest absolute Gasteiger partial charge is 0.493 e. The Bertz CT molecular complexity index is 1490. The Labute approximate surface area is 217 Å². The standard InChI is InChI=1S/C24H23N7O3.C2H4O2/c1-33-19-13-17(12-16-7-10-34-20(16)19)18(11-14-3-5-15(6-4-14)21(25)26)22-29-24(32)31(30-22)23-27-8-2-9-28-23;1-2(3)4/h2-6,8-9,12-13,18H,7,10-11H2,1H3,(H3,25,26)(H,29,30,32);1H3,(H,3,4). The number of carboxylic acids is 1. The number of nitrogens with one attached hydrogen (secondary N) is 2. The molecule has 196 valence electrons. The van der Waals surface area contributed by atoms with Crippen molar-refractivity contribution >= 4 is 11.8 Å². The minimum atomic E-state index is -0.833. The van der Waals surface area contributed by atoms with E-state index in [1.54, 1.807) is 25.6 Å². The molecule has 2 aromatic heterocycles. The van der Waals surface area contributed by atoms with Crippen LogP contribution in [0.1, 0.15) is 40.9 Å². The average Bonchev–Trinajstić information content (AvgIpc) is 3.53. The summed E-state index contributed by atoms with van der Waals surface area (Å²) in [5, 5.41) is 19.6. The van der Waals surface area contributed by atoms with Crippen molar-refractivity contribution in [3.05, 3.63) is 93.4 Å². The van der Waals surface area contributed by atoms with Crippen molar-refractivity contribution in [3.8, 4) is 17.4 Å². The summed E-state index contributed by atoms with van der Waals surface area (Å²) in [4.78, 5) is 32.9. The maximum absolute atomic E-state index is 12.7. The number of H-pyrrole nitrogens is 1. The van der Waals surface area contributed by atoms with Gasteiger partial charge >= 0.3 is 5.69 Å². The summed E-state index contributed by atoms with van der Waals surface area (Å²) in [7, 11) is 1.61. The smallest absolute Gasteiger partial charge is 0.350 e. The number of nitrogens with two attached hydrogens (primary N) is 1. The van der Waals surface area contributed by atoms with E-state index in [0.717, 1.165) is 40.5 Å². The monoisotopic (exact) mass is 517 g/mol. The number of nitrogen functional groups attached to an aromatic ring is 1. The van der Waals surface area contributed by atoms with Gasteiger partial charge in [0, 0.05) is 42.8 Å². The van der Waals surface area contributed by atoms with Crippen LogP contribution in [-0.4, -0.2) is 55.4 Å².